The van der Waals surface area contributed by atoms with Crippen LogP contribution in [0.25, 0.3) is 12.2 Å². The third-order valence-electron chi connectivity index (χ3n) is 4.16. The number of allylic oxidation sites excluding steroid dienone is 2. The maximum atomic E-state index is 10.8. The highest BCUT2D eigenvalue weighted by Gasteiger charge is 2.20. The third kappa shape index (κ3) is 9.21. The van der Waals surface area contributed by atoms with E-state index in [1.807, 2.05) is 76.3 Å². The minimum Gasteiger partial charge on any atom is -0.481 e. The first-order valence-electron chi connectivity index (χ1n) is 8.86. The first-order chi connectivity index (χ1) is 12.0. The number of carboxylic acids is 2. The monoisotopic (exact) mass is 358 g/mol. The van der Waals surface area contributed by atoms with E-state index in [0.717, 1.165) is 11.1 Å². The summed E-state index contributed by atoms with van der Waals surface area (Å²) in [7, 11) is 0. The largest absolute Gasteiger partial charge is 0.481 e. The average Bonchev–Trinajstić information content (AvgIpc) is 2.45. The summed E-state index contributed by atoms with van der Waals surface area (Å²) in [4.78, 5) is 21.7. The zero-order valence-electron chi connectivity index (χ0n) is 16.2. The van der Waals surface area contributed by atoms with Crippen LogP contribution in [-0.4, -0.2) is 22.2 Å². The van der Waals surface area contributed by atoms with Gasteiger partial charge in [-0.1, -0.05) is 76.3 Å². The number of aliphatic carboxylic acids is 2. The second-order valence-corrected chi connectivity index (χ2v) is 8.35. The van der Waals surface area contributed by atoms with E-state index < -0.39 is 11.9 Å². The van der Waals surface area contributed by atoms with Gasteiger partial charge in [0.15, 0.2) is 0 Å². The standard InChI is InChI=1S/C22H30O4/c1-21(2,15-19(23)24)13-5-7-17-9-11-18(12-10-17)8-6-14-22(3,4)16-20(25)26/h5-12H,13-16H2,1-4H3,(H,23,24)(H,25,26)/b7-5-,8-6-. The van der Waals surface area contributed by atoms with Gasteiger partial charge in [0.1, 0.15) is 0 Å². The molecule has 0 aromatic heterocycles. The molecule has 0 saturated heterocycles. The van der Waals surface area contributed by atoms with Crippen molar-refractivity contribution in [3.63, 3.8) is 0 Å². The molecule has 0 unspecified atom stereocenters. The lowest BCUT2D eigenvalue weighted by atomic mass is 9.85. The zero-order chi connectivity index (χ0) is 19.8. The highest BCUT2D eigenvalue weighted by Crippen LogP contribution is 2.27. The van der Waals surface area contributed by atoms with Crippen LogP contribution in [0, 0.1) is 10.8 Å². The topological polar surface area (TPSA) is 74.6 Å². The molecule has 2 N–H and O–H groups in total. The normalized spacial score (nSPS) is 12.8. The van der Waals surface area contributed by atoms with Gasteiger partial charge >= 0.3 is 11.9 Å². The van der Waals surface area contributed by atoms with Crippen molar-refractivity contribution in [1.29, 1.82) is 0 Å². The molecule has 0 saturated carbocycles. The summed E-state index contributed by atoms with van der Waals surface area (Å²) in [6, 6.07) is 8.07. The molecule has 4 heteroatoms. The molecule has 0 bridgehead atoms. The van der Waals surface area contributed by atoms with Crippen molar-refractivity contribution in [1.82, 2.24) is 0 Å². The van der Waals surface area contributed by atoms with Crippen LogP contribution in [0.3, 0.4) is 0 Å². The molecule has 0 fully saturated rings. The van der Waals surface area contributed by atoms with Crippen LogP contribution in [0.2, 0.25) is 0 Å². The van der Waals surface area contributed by atoms with E-state index in [1.54, 1.807) is 0 Å². The number of hydrogen-bond acceptors (Lipinski definition) is 2. The van der Waals surface area contributed by atoms with Gasteiger partial charge in [-0.05, 0) is 34.8 Å². The molecule has 1 rings (SSSR count). The number of hydrogen-bond donors (Lipinski definition) is 2. The first-order valence-corrected chi connectivity index (χ1v) is 8.86. The molecule has 0 atom stereocenters. The van der Waals surface area contributed by atoms with Gasteiger partial charge < -0.3 is 10.2 Å². The minimum atomic E-state index is -0.772. The Hall–Kier alpha value is -2.36. The number of carbonyl (C=O) groups is 2. The van der Waals surface area contributed by atoms with Crippen LogP contribution in [0.15, 0.2) is 36.4 Å². The number of benzene rings is 1. The molecule has 0 heterocycles. The third-order valence-corrected chi connectivity index (χ3v) is 4.16. The average molecular weight is 358 g/mol. The first kappa shape index (κ1) is 21.7. The molecule has 26 heavy (non-hydrogen) atoms. The Bertz CT molecular complexity index is 605. The fraction of sp³-hybridized carbons (Fsp3) is 0.455. The Morgan fingerprint density at radius 3 is 1.35 bits per heavy atom. The molecule has 142 valence electrons. The smallest absolute Gasteiger partial charge is 0.303 e. The Labute approximate surface area is 156 Å². The molecule has 1 aromatic carbocycles. The van der Waals surface area contributed by atoms with Crippen molar-refractivity contribution in [3.05, 3.63) is 47.5 Å². The summed E-state index contributed by atoms with van der Waals surface area (Å²) >= 11 is 0. The van der Waals surface area contributed by atoms with Crippen molar-refractivity contribution < 1.29 is 19.8 Å². The van der Waals surface area contributed by atoms with Crippen LogP contribution < -0.4 is 0 Å². The van der Waals surface area contributed by atoms with E-state index in [4.69, 9.17) is 10.2 Å². The summed E-state index contributed by atoms with van der Waals surface area (Å²) in [6.07, 6.45) is 9.77. The highest BCUT2D eigenvalue weighted by molar-refractivity contribution is 5.68. The predicted molar refractivity (Wildman–Crippen MR) is 106 cm³/mol. The van der Waals surface area contributed by atoms with E-state index in [-0.39, 0.29) is 23.7 Å². The fourth-order valence-corrected chi connectivity index (χ4v) is 2.71. The SMILES string of the molecule is CC(C)(C/C=C\c1ccc(/C=C\CC(C)(C)CC(=O)O)cc1)CC(=O)O. The van der Waals surface area contributed by atoms with E-state index in [2.05, 4.69) is 0 Å². The van der Waals surface area contributed by atoms with Gasteiger partial charge in [-0.2, -0.15) is 0 Å². The molecular formula is C22H30O4. The van der Waals surface area contributed by atoms with Gasteiger partial charge in [0.25, 0.3) is 0 Å². The van der Waals surface area contributed by atoms with Gasteiger partial charge in [0.05, 0.1) is 12.8 Å². The Morgan fingerprint density at radius 1 is 0.769 bits per heavy atom. The molecule has 0 amide bonds. The molecule has 0 aliphatic rings. The van der Waals surface area contributed by atoms with Crippen molar-refractivity contribution in [2.75, 3.05) is 0 Å². The molecule has 0 aliphatic heterocycles. The molecule has 0 aliphatic carbocycles. The van der Waals surface area contributed by atoms with Crippen LogP contribution >= 0.6 is 0 Å². The van der Waals surface area contributed by atoms with Gasteiger partial charge in [0, 0.05) is 0 Å². The maximum absolute atomic E-state index is 10.8. The van der Waals surface area contributed by atoms with Crippen LogP contribution in [0.5, 0.6) is 0 Å². The summed E-state index contributed by atoms with van der Waals surface area (Å²) in [5.41, 5.74) is 1.63. The van der Waals surface area contributed by atoms with Gasteiger partial charge in [-0.25, -0.2) is 0 Å². The fourth-order valence-electron chi connectivity index (χ4n) is 2.71. The van der Waals surface area contributed by atoms with E-state index in [0.29, 0.717) is 12.8 Å². The van der Waals surface area contributed by atoms with Gasteiger partial charge in [-0.15, -0.1) is 0 Å². The number of carboxylic acid groups (broad SMARTS) is 2. The van der Waals surface area contributed by atoms with Gasteiger partial charge in [0.2, 0.25) is 0 Å². The summed E-state index contributed by atoms with van der Waals surface area (Å²) in [5.74, 6) is -1.54. The van der Waals surface area contributed by atoms with E-state index in [9.17, 15) is 9.59 Å². The molecule has 0 radical (unpaired) electrons. The van der Waals surface area contributed by atoms with Crippen LogP contribution in [-0.2, 0) is 9.59 Å². The van der Waals surface area contributed by atoms with E-state index in [1.165, 1.54) is 0 Å². The lowest BCUT2D eigenvalue weighted by Gasteiger charge is -2.19. The highest BCUT2D eigenvalue weighted by atomic mass is 16.4. The lowest BCUT2D eigenvalue weighted by Crippen LogP contribution is -2.15. The molecular weight excluding hydrogens is 328 g/mol. The minimum absolute atomic E-state index is 0.152. The maximum Gasteiger partial charge on any atom is 0.303 e. The van der Waals surface area contributed by atoms with Crippen molar-refractivity contribution in [2.45, 2.75) is 53.4 Å². The zero-order valence-corrected chi connectivity index (χ0v) is 16.2. The Kier molecular flexibility index (Phi) is 7.81. The van der Waals surface area contributed by atoms with Gasteiger partial charge in [-0.3, -0.25) is 9.59 Å². The Balaban J connectivity index is 2.58. The molecule has 4 nitrogen and oxygen atoms in total. The quantitative estimate of drug-likeness (QED) is 0.579. The summed E-state index contributed by atoms with van der Waals surface area (Å²) < 4.78 is 0. The van der Waals surface area contributed by atoms with Crippen LogP contribution in [0.4, 0.5) is 0 Å². The second kappa shape index (κ2) is 9.37. The summed E-state index contributed by atoms with van der Waals surface area (Å²) in [5, 5.41) is 17.8. The van der Waals surface area contributed by atoms with Crippen molar-refractivity contribution >= 4 is 24.1 Å². The van der Waals surface area contributed by atoms with Crippen LogP contribution in [0.1, 0.15) is 64.5 Å². The molecule has 0 spiro atoms. The van der Waals surface area contributed by atoms with E-state index >= 15 is 0 Å². The summed E-state index contributed by atoms with van der Waals surface area (Å²) in [6.45, 7) is 7.80. The van der Waals surface area contributed by atoms with Crippen molar-refractivity contribution in [2.24, 2.45) is 10.8 Å². The lowest BCUT2D eigenvalue weighted by molar-refractivity contribution is -0.140. The Morgan fingerprint density at radius 2 is 1.08 bits per heavy atom. The van der Waals surface area contributed by atoms with Crippen molar-refractivity contribution in [3.8, 4) is 0 Å². The molecule has 1 aromatic rings. The predicted octanol–water partition coefficient (Wildman–Crippen LogP) is 5.50. The second-order valence-electron chi connectivity index (χ2n) is 8.35. The number of rotatable bonds is 10.